The van der Waals surface area contributed by atoms with Crippen molar-refractivity contribution in [2.24, 2.45) is 11.8 Å². The maximum absolute atomic E-state index is 12.9. The number of aromatic nitrogens is 2. The van der Waals surface area contributed by atoms with Crippen LogP contribution in [0.2, 0.25) is 0 Å². The third kappa shape index (κ3) is 5.59. The first kappa shape index (κ1) is 22.1. The Labute approximate surface area is 187 Å². The molecular formula is C25H39N5O. The molecule has 6 heteroatoms. The molecular weight excluding hydrogens is 386 g/mol. The summed E-state index contributed by atoms with van der Waals surface area (Å²) >= 11 is 0. The summed E-state index contributed by atoms with van der Waals surface area (Å²) in [5.74, 6) is 2.64. The first-order valence-electron chi connectivity index (χ1n) is 12.2. The number of pyridine rings is 1. The second-order valence-corrected chi connectivity index (χ2v) is 9.79. The normalized spacial score (nSPS) is 17.4. The van der Waals surface area contributed by atoms with E-state index in [0.717, 1.165) is 55.4 Å². The van der Waals surface area contributed by atoms with Crippen LogP contribution in [0.5, 0.6) is 0 Å². The number of rotatable bonds is 10. The van der Waals surface area contributed by atoms with Crippen molar-refractivity contribution < 1.29 is 4.79 Å². The van der Waals surface area contributed by atoms with Crippen LogP contribution in [-0.2, 0) is 6.42 Å². The van der Waals surface area contributed by atoms with Gasteiger partial charge in [-0.2, -0.15) is 0 Å². The lowest BCUT2D eigenvalue weighted by Crippen LogP contribution is -2.34. The standard InChI is InChI=1S/C25H39N5O/c1-4-22-25(29(15-14-28(2)3)17-20-10-11-20)30-18-21(12-13-23(30)27-22)24(31)26-16-19-8-6-5-7-9-19/h12-13,18-20H,4-11,14-17H2,1-3H3,(H,26,31). The zero-order chi connectivity index (χ0) is 21.8. The van der Waals surface area contributed by atoms with Crippen molar-refractivity contribution in [2.75, 3.05) is 45.2 Å². The fourth-order valence-corrected chi connectivity index (χ4v) is 4.73. The number of carbonyl (C=O) groups is 1. The minimum absolute atomic E-state index is 0.0345. The summed E-state index contributed by atoms with van der Waals surface area (Å²) in [5, 5.41) is 3.19. The van der Waals surface area contributed by atoms with E-state index >= 15 is 0 Å². The van der Waals surface area contributed by atoms with Gasteiger partial charge in [0.25, 0.3) is 5.91 Å². The molecule has 6 nitrogen and oxygen atoms in total. The molecule has 2 aliphatic rings. The Bertz CT molecular complexity index is 879. The number of aryl methyl sites for hydroxylation is 1. The van der Waals surface area contributed by atoms with E-state index in [0.29, 0.717) is 5.92 Å². The number of nitrogens with zero attached hydrogens (tertiary/aromatic N) is 4. The molecule has 2 saturated carbocycles. The van der Waals surface area contributed by atoms with Crippen molar-refractivity contribution in [1.82, 2.24) is 19.6 Å². The van der Waals surface area contributed by atoms with E-state index in [4.69, 9.17) is 4.98 Å². The van der Waals surface area contributed by atoms with Crippen LogP contribution in [0, 0.1) is 11.8 Å². The number of imidazole rings is 1. The van der Waals surface area contributed by atoms with Gasteiger partial charge in [0.05, 0.1) is 11.3 Å². The molecule has 1 N–H and O–H groups in total. The molecule has 1 amide bonds. The van der Waals surface area contributed by atoms with Crippen LogP contribution in [0.1, 0.15) is 67.9 Å². The highest BCUT2D eigenvalue weighted by atomic mass is 16.1. The average molecular weight is 426 g/mol. The van der Waals surface area contributed by atoms with Gasteiger partial charge in [-0.25, -0.2) is 4.98 Å². The van der Waals surface area contributed by atoms with E-state index in [1.807, 2.05) is 18.3 Å². The Morgan fingerprint density at radius 2 is 1.87 bits per heavy atom. The van der Waals surface area contributed by atoms with Crippen LogP contribution >= 0.6 is 0 Å². The number of anilines is 1. The number of carbonyl (C=O) groups excluding carboxylic acids is 1. The predicted octanol–water partition coefficient (Wildman–Crippen LogP) is 3.98. The largest absolute Gasteiger partial charge is 0.355 e. The van der Waals surface area contributed by atoms with Gasteiger partial charge in [0.15, 0.2) is 0 Å². The summed E-state index contributed by atoms with van der Waals surface area (Å²) in [5.41, 5.74) is 2.78. The summed E-state index contributed by atoms with van der Waals surface area (Å²) in [4.78, 5) is 22.6. The molecule has 0 radical (unpaired) electrons. The van der Waals surface area contributed by atoms with E-state index in [1.54, 1.807) is 0 Å². The van der Waals surface area contributed by atoms with Gasteiger partial charge in [-0.15, -0.1) is 0 Å². The Morgan fingerprint density at radius 3 is 2.55 bits per heavy atom. The molecule has 4 rings (SSSR count). The fourth-order valence-electron chi connectivity index (χ4n) is 4.73. The van der Waals surface area contributed by atoms with Crippen LogP contribution in [0.25, 0.3) is 5.65 Å². The van der Waals surface area contributed by atoms with Gasteiger partial charge in [0, 0.05) is 32.4 Å². The Balaban J connectivity index is 1.57. The predicted molar refractivity (Wildman–Crippen MR) is 127 cm³/mol. The minimum Gasteiger partial charge on any atom is -0.355 e. The Kier molecular flexibility index (Phi) is 7.16. The first-order valence-corrected chi connectivity index (χ1v) is 12.2. The van der Waals surface area contributed by atoms with E-state index in [9.17, 15) is 4.79 Å². The molecule has 0 bridgehead atoms. The minimum atomic E-state index is 0.0345. The molecule has 0 saturated heterocycles. The number of likely N-dealkylation sites (N-methyl/N-ethyl adjacent to an activating group) is 1. The van der Waals surface area contributed by atoms with Gasteiger partial charge >= 0.3 is 0 Å². The third-order valence-corrected chi connectivity index (χ3v) is 6.83. The molecule has 0 spiro atoms. The highest BCUT2D eigenvalue weighted by Crippen LogP contribution is 2.33. The van der Waals surface area contributed by atoms with Crippen molar-refractivity contribution in [3.63, 3.8) is 0 Å². The molecule has 2 aliphatic carbocycles. The maximum atomic E-state index is 12.9. The Hall–Kier alpha value is -2.08. The van der Waals surface area contributed by atoms with Crippen molar-refractivity contribution in [2.45, 2.75) is 58.3 Å². The summed E-state index contributed by atoms with van der Waals surface area (Å²) in [6.07, 6.45) is 12.0. The van der Waals surface area contributed by atoms with E-state index in [2.05, 4.69) is 40.5 Å². The number of fused-ring (bicyclic) bond motifs is 1. The van der Waals surface area contributed by atoms with Gasteiger partial charge in [-0.05, 0) is 70.2 Å². The molecule has 2 heterocycles. The zero-order valence-corrected chi connectivity index (χ0v) is 19.6. The molecule has 2 aromatic rings. The lowest BCUT2D eigenvalue weighted by Gasteiger charge is -2.27. The summed E-state index contributed by atoms with van der Waals surface area (Å²) in [6.45, 7) is 6.02. The molecule has 0 unspecified atom stereocenters. The lowest BCUT2D eigenvalue weighted by atomic mass is 9.89. The summed E-state index contributed by atoms with van der Waals surface area (Å²) < 4.78 is 2.16. The Morgan fingerprint density at radius 1 is 1.10 bits per heavy atom. The van der Waals surface area contributed by atoms with Gasteiger partial charge < -0.3 is 15.1 Å². The molecule has 2 aromatic heterocycles. The number of amides is 1. The molecule has 0 atom stereocenters. The average Bonchev–Trinajstić information content (AvgIpc) is 3.53. The van der Waals surface area contributed by atoms with Crippen molar-refractivity contribution in [3.05, 3.63) is 29.6 Å². The first-order chi connectivity index (χ1) is 15.0. The summed E-state index contributed by atoms with van der Waals surface area (Å²) in [6, 6.07) is 3.92. The van der Waals surface area contributed by atoms with Crippen molar-refractivity contribution in [3.8, 4) is 0 Å². The van der Waals surface area contributed by atoms with Crippen LogP contribution in [-0.4, -0.2) is 60.5 Å². The topological polar surface area (TPSA) is 52.9 Å². The van der Waals surface area contributed by atoms with Crippen molar-refractivity contribution >= 4 is 17.4 Å². The van der Waals surface area contributed by atoms with Gasteiger partial charge in [0.1, 0.15) is 11.5 Å². The monoisotopic (exact) mass is 425 g/mol. The van der Waals surface area contributed by atoms with E-state index in [-0.39, 0.29) is 5.91 Å². The van der Waals surface area contributed by atoms with E-state index in [1.165, 1.54) is 50.8 Å². The smallest absolute Gasteiger partial charge is 0.252 e. The summed E-state index contributed by atoms with van der Waals surface area (Å²) in [7, 11) is 4.25. The van der Waals surface area contributed by atoms with Gasteiger partial charge in [-0.1, -0.05) is 26.2 Å². The highest BCUT2D eigenvalue weighted by Gasteiger charge is 2.27. The van der Waals surface area contributed by atoms with Crippen LogP contribution in [0.15, 0.2) is 18.3 Å². The quantitative estimate of drug-likeness (QED) is 0.625. The lowest BCUT2D eigenvalue weighted by molar-refractivity contribution is 0.0943. The second-order valence-electron chi connectivity index (χ2n) is 9.79. The fraction of sp³-hybridized carbons (Fsp3) is 0.680. The van der Waals surface area contributed by atoms with Crippen LogP contribution < -0.4 is 10.2 Å². The van der Waals surface area contributed by atoms with Crippen LogP contribution in [0.4, 0.5) is 5.82 Å². The second kappa shape index (κ2) is 10.0. The van der Waals surface area contributed by atoms with Gasteiger partial charge in [0.2, 0.25) is 0 Å². The number of hydrogen-bond acceptors (Lipinski definition) is 4. The maximum Gasteiger partial charge on any atom is 0.252 e. The van der Waals surface area contributed by atoms with E-state index < -0.39 is 0 Å². The zero-order valence-electron chi connectivity index (χ0n) is 19.6. The van der Waals surface area contributed by atoms with Crippen LogP contribution in [0.3, 0.4) is 0 Å². The molecule has 0 aromatic carbocycles. The molecule has 170 valence electrons. The number of hydrogen-bond donors (Lipinski definition) is 1. The molecule has 0 aliphatic heterocycles. The third-order valence-electron chi connectivity index (χ3n) is 6.83. The SMILES string of the molecule is CCc1nc2ccc(C(=O)NCC3CCCCC3)cn2c1N(CCN(C)C)CC1CC1. The number of nitrogens with one attached hydrogen (secondary N) is 1. The van der Waals surface area contributed by atoms with Gasteiger partial charge in [-0.3, -0.25) is 9.20 Å². The highest BCUT2D eigenvalue weighted by molar-refractivity contribution is 5.94. The van der Waals surface area contributed by atoms with Crippen molar-refractivity contribution in [1.29, 1.82) is 0 Å². The molecule has 31 heavy (non-hydrogen) atoms. The molecule has 2 fully saturated rings.